The van der Waals surface area contributed by atoms with Gasteiger partial charge in [0.05, 0.1) is 11.9 Å². The fraction of sp³-hybridized carbons (Fsp3) is 0.542. The van der Waals surface area contributed by atoms with E-state index in [0.29, 0.717) is 12.5 Å². The van der Waals surface area contributed by atoms with Crippen LogP contribution >= 0.6 is 24.0 Å². The van der Waals surface area contributed by atoms with Crippen LogP contribution in [-0.4, -0.2) is 58.8 Å². The summed E-state index contributed by atoms with van der Waals surface area (Å²) in [6.07, 6.45) is 10.3. The zero-order valence-electron chi connectivity index (χ0n) is 18.9. The standard InChI is InChI=1S/C24H34N6O.HI/c1-2-25-24(28-21-13-15-29(18-21)23(31)20-8-6-7-9-20)26-14-12-19-16-27-30(17-19)22-10-4-3-5-11-22;/h3-5,10-11,16-17,20-21H,2,6-9,12-15,18H2,1H3,(H2,25,26,28);1H. The maximum absolute atomic E-state index is 12.7. The number of guanidine groups is 1. The van der Waals surface area contributed by atoms with Gasteiger partial charge >= 0.3 is 0 Å². The lowest BCUT2D eigenvalue weighted by Gasteiger charge is -2.21. The van der Waals surface area contributed by atoms with Crippen molar-refractivity contribution >= 4 is 35.8 Å². The predicted molar refractivity (Wildman–Crippen MR) is 139 cm³/mol. The minimum atomic E-state index is 0. The van der Waals surface area contributed by atoms with Crippen LogP contribution in [0.4, 0.5) is 0 Å². The van der Waals surface area contributed by atoms with Crippen LogP contribution in [0.15, 0.2) is 47.7 Å². The molecule has 1 unspecified atom stereocenters. The van der Waals surface area contributed by atoms with Gasteiger partial charge in [0, 0.05) is 44.3 Å². The molecule has 0 radical (unpaired) electrons. The Morgan fingerprint density at radius 2 is 1.97 bits per heavy atom. The maximum atomic E-state index is 12.7. The molecule has 1 saturated carbocycles. The summed E-state index contributed by atoms with van der Waals surface area (Å²) < 4.78 is 1.90. The summed E-state index contributed by atoms with van der Waals surface area (Å²) in [6.45, 7) is 5.21. The Balaban J connectivity index is 0.00000289. The number of nitrogens with one attached hydrogen (secondary N) is 2. The van der Waals surface area contributed by atoms with Crippen molar-refractivity contribution in [1.82, 2.24) is 25.3 Å². The summed E-state index contributed by atoms with van der Waals surface area (Å²) in [6, 6.07) is 10.4. The van der Waals surface area contributed by atoms with Gasteiger partial charge in [0.2, 0.25) is 5.91 Å². The Labute approximate surface area is 208 Å². The van der Waals surface area contributed by atoms with Crippen molar-refractivity contribution in [2.45, 2.75) is 51.5 Å². The molecule has 7 nitrogen and oxygen atoms in total. The third-order valence-electron chi connectivity index (χ3n) is 6.22. The lowest BCUT2D eigenvalue weighted by atomic mass is 10.1. The topological polar surface area (TPSA) is 74.6 Å². The molecule has 1 atom stereocenters. The number of halogens is 1. The number of likely N-dealkylation sites (tertiary alicyclic amines) is 1. The summed E-state index contributed by atoms with van der Waals surface area (Å²) >= 11 is 0. The molecule has 1 aromatic carbocycles. The third-order valence-corrected chi connectivity index (χ3v) is 6.22. The minimum absolute atomic E-state index is 0. The van der Waals surface area contributed by atoms with Gasteiger partial charge in [-0.1, -0.05) is 31.0 Å². The Morgan fingerprint density at radius 3 is 2.72 bits per heavy atom. The van der Waals surface area contributed by atoms with E-state index in [2.05, 4.69) is 33.8 Å². The number of nitrogens with zero attached hydrogens (tertiary/aromatic N) is 4. The van der Waals surface area contributed by atoms with E-state index in [0.717, 1.165) is 62.5 Å². The largest absolute Gasteiger partial charge is 0.357 e. The molecule has 1 aliphatic carbocycles. The number of para-hydroxylation sites is 1. The van der Waals surface area contributed by atoms with Crippen LogP contribution in [0.1, 0.15) is 44.6 Å². The number of amides is 1. The number of aliphatic imine (C=N–C) groups is 1. The SMILES string of the molecule is CCNC(=NCCc1cnn(-c2ccccc2)c1)NC1CCN(C(=O)C2CCCC2)C1.I. The Kier molecular flexibility index (Phi) is 9.37. The van der Waals surface area contributed by atoms with E-state index in [4.69, 9.17) is 4.99 Å². The van der Waals surface area contributed by atoms with Crippen LogP contribution in [0.3, 0.4) is 0 Å². The van der Waals surface area contributed by atoms with E-state index in [1.54, 1.807) is 0 Å². The first-order valence-corrected chi connectivity index (χ1v) is 11.7. The minimum Gasteiger partial charge on any atom is -0.357 e. The van der Waals surface area contributed by atoms with E-state index in [-0.39, 0.29) is 35.9 Å². The van der Waals surface area contributed by atoms with Gasteiger partial charge < -0.3 is 15.5 Å². The normalized spacial score (nSPS) is 19.1. The highest BCUT2D eigenvalue weighted by Crippen LogP contribution is 2.27. The number of carbonyl (C=O) groups is 1. The second-order valence-electron chi connectivity index (χ2n) is 8.53. The molecule has 1 amide bonds. The molecule has 0 bridgehead atoms. The molecule has 1 aliphatic heterocycles. The monoisotopic (exact) mass is 550 g/mol. The third kappa shape index (κ3) is 6.46. The van der Waals surface area contributed by atoms with Gasteiger partial charge in [-0.2, -0.15) is 5.10 Å². The van der Waals surface area contributed by atoms with Crippen molar-refractivity contribution in [2.75, 3.05) is 26.2 Å². The quantitative estimate of drug-likeness (QED) is 0.315. The number of aromatic nitrogens is 2. The average Bonchev–Trinajstić information content (AvgIpc) is 3.56. The second kappa shape index (κ2) is 12.2. The van der Waals surface area contributed by atoms with Crippen LogP contribution in [-0.2, 0) is 11.2 Å². The van der Waals surface area contributed by atoms with Crippen LogP contribution in [0.25, 0.3) is 5.69 Å². The van der Waals surface area contributed by atoms with E-state index >= 15 is 0 Å². The number of benzene rings is 1. The maximum Gasteiger partial charge on any atom is 0.225 e. The molecule has 174 valence electrons. The zero-order chi connectivity index (χ0) is 21.5. The van der Waals surface area contributed by atoms with Crippen molar-refractivity contribution in [2.24, 2.45) is 10.9 Å². The summed E-state index contributed by atoms with van der Waals surface area (Å²) in [5, 5.41) is 11.3. The Hall–Kier alpha value is -2.10. The lowest BCUT2D eigenvalue weighted by Crippen LogP contribution is -2.45. The van der Waals surface area contributed by atoms with E-state index in [9.17, 15) is 4.79 Å². The molecule has 2 aromatic rings. The van der Waals surface area contributed by atoms with Gasteiger partial charge in [0.1, 0.15) is 0 Å². The van der Waals surface area contributed by atoms with Crippen LogP contribution in [0, 0.1) is 5.92 Å². The Morgan fingerprint density at radius 1 is 1.19 bits per heavy atom. The van der Waals surface area contributed by atoms with E-state index < -0.39 is 0 Å². The molecule has 2 heterocycles. The average molecular weight is 550 g/mol. The fourth-order valence-electron chi connectivity index (χ4n) is 4.53. The Bertz CT molecular complexity index is 878. The van der Waals surface area contributed by atoms with Gasteiger partial charge in [0.25, 0.3) is 0 Å². The smallest absolute Gasteiger partial charge is 0.225 e. The van der Waals surface area contributed by atoms with Crippen molar-refractivity contribution < 1.29 is 4.79 Å². The van der Waals surface area contributed by atoms with Gasteiger partial charge in [-0.25, -0.2) is 4.68 Å². The highest BCUT2D eigenvalue weighted by molar-refractivity contribution is 14.0. The number of carbonyl (C=O) groups excluding carboxylic acids is 1. The molecule has 8 heteroatoms. The highest BCUT2D eigenvalue weighted by Gasteiger charge is 2.32. The van der Waals surface area contributed by atoms with Crippen molar-refractivity contribution in [1.29, 1.82) is 0 Å². The number of hydrogen-bond acceptors (Lipinski definition) is 3. The van der Waals surface area contributed by atoms with Crippen LogP contribution in [0.5, 0.6) is 0 Å². The number of rotatable bonds is 7. The molecule has 2 aliphatic rings. The molecular weight excluding hydrogens is 515 g/mol. The van der Waals surface area contributed by atoms with Gasteiger partial charge in [0.15, 0.2) is 5.96 Å². The van der Waals surface area contributed by atoms with Gasteiger partial charge in [-0.3, -0.25) is 9.79 Å². The number of hydrogen-bond donors (Lipinski definition) is 2. The highest BCUT2D eigenvalue weighted by atomic mass is 127. The van der Waals surface area contributed by atoms with Crippen molar-refractivity contribution in [3.63, 3.8) is 0 Å². The predicted octanol–water partition coefficient (Wildman–Crippen LogP) is 3.38. The molecule has 0 spiro atoms. The second-order valence-corrected chi connectivity index (χ2v) is 8.53. The molecule has 2 N–H and O–H groups in total. The summed E-state index contributed by atoms with van der Waals surface area (Å²) in [4.78, 5) is 19.5. The van der Waals surface area contributed by atoms with Crippen LogP contribution in [0.2, 0.25) is 0 Å². The van der Waals surface area contributed by atoms with Crippen LogP contribution < -0.4 is 10.6 Å². The van der Waals surface area contributed by atoms with Crippen molar-refractivity contribution in [3.8, 4) is 5.69 Å². The van der Waals surface area contributed by atoms with E-state index in [1.807, 2.05) is 41.2 Å². The first-order chi connectivity index (χ1) is 15.2. The summed E-state index contributed by atoms with van der Waals surface area (Å²) in [5.41, 5.74) is 2.22. The molecule has 2 fully saturated rings. The zero-order valence-corrected chi connectivity index (χ0v) is 21.2. The fourth-order valence-corrected chi connectivity index (χ4v) is 4.53. The summed E-state index contributed by atoms with van der Waals surface area (Å²) in [7, 11) is 0. The first-order valence-electron chi connectivity index (χ1n) is 11.7. The molecule has 1 aromatic heterocycles. The van der Waals surface area contributed by atoms with Gasteiger partial charge in [-0.15, -0.1) is 24.0 Å². The molecule has 32 heavy (non-hydrogen) atoms. The summed E-state index contributed by atoms with van der Waals surface area (Å²) in [5.74, 6) is 1.45. The van der Waals surface area contributed by atoms with E-state index in [1.165, 1.54) is 12.8 Å². The lowest BCUT2D eigenvalue weighted by molar-refractivity contribution is -0.134. The first kappa shape index (κ1) is 24.5. The molecule has 1 saturated heterocycles. The van der Waals surface area contributed by atoms with Crippen molar-refractivity contribution in [3.05, 3.63) is 48.3 Å². The van der Waals surface area contributed by atoms with Gasteiger partial charge in [-0.05, 0) is 50.3 Å². The molecule has 4 rings (SSSR count). The molecular formula is C24H35IN6O.